The topological polar surface area (TPSA) is 35.5 Å². The van der Waals surface area contributed by atoms with Crippen molar-refractivity contribution in [3.8, 4) is 5.75 Å². The molecule has 1 rings (SSSR count). The van der Waals surface area contributed by atoms with Gasteiger partial charge >= 0.3 is 6.16 Å². The Hall–Kier alpha value is -1.51. The highest BCUT2D eigenvalue weighted by molar-refractivity contribution is 5.65. The normalized spacial score (nSPS) is 10.4. The largest absolute Gasteiger partial charge is 0.513 e. The lowest BCUT2D eigenvalue weighted by molar-refractivity contribution is 0.0988. The van der Waals surface area contributed by atoms with Gasteiger partial charge in [0.25, 0.3) is 0 Å². The number of aryl methyl sites for hydroxylation is 1. The van der Waals surface area contributed by atoms with Gasteiger partial charge in [-0.3, -0.25) is 0 Å². The Balaban J connectivity index is 2.86. The smallest absolute Gasteiger partial charge is 0.434 e. The fourth-order valence-corrected chi connectivity index (χ4v) is 2.25. The first-order chi connectivity index (χ1) is 10.2. The van der Waals surface area contributed by atoms with Crippen LogP contribution in [0.5, 0.6) is 5.75 Å². The van der Waals surface area contributed by atoms with Crippen molar-refractivity contribution in [2.45, 2.75) is 65.7 Å². The molecule has 0 aliphatic heterocycles. The molecule has 0 aromatic heterocycles. The third-order valence-electron chi connectivity index (χ3n) is 3.43. The second kappa shape index (κ2) is 10.3. The van der Waals surface area contributed by atoms with Crippen molar-refractivity contribution in [3.05, 3.63) is 29.3 Å². The van der Waals surface area contributed by atoms with E-state index in [1.807, 2.05) is 19.1 Å². The molecular formula is C18H28O3. The lowest BCUT2D eigenvalue weighted by Crippen LogP contribution is -2.13. The van der Waals surface area contributed by atoms with Crippen molar-refractivity contribution < 1.29 is 14.3 Å². The van der Waals surface area contributed by atoms with E-state index in [2.05, 4.69) is 19.9 Å². The predicted octanol–water partition coefficient (Wildman–Crippen LogP) is 5.30. The Morgan fingerprint density at radius 3 is 2.38 bits per heavy atom. The van der Waals surface area contributed by atoms with Crippen LogP contribution in [0.4, 0.5) is 4.79 Å². The van der Waals surface area contributed by atoms with Crippen LogP contribution < -0.4 is 4.74 Å². The number of rotatable bonds is 9. The number of benzene rings is 1. The van der Waals surface area contributed by atoms with Gasteiger partial charge < -0.3 is 9.47 Å². The molecule has 0 unspecified atom stereocenters. The first-order valence-electron chi connectivity index (χ1n) is 8.18. The fraction of sp³-hybridized carbons (Fsp3) is 0.611. The molecular weight excluding hydrogens is 264 g/mol. The highest BCUT2D eigenvalue weighted by Gasteiger charge is 2.13. The summed E-state index contributed by atoms with van der Waals surface area (Å²) in [5, 5.41) is 0. The molecule has 0 saturated heterocycles. The van der Waals surface area contributed by atoms with E-state index >= 15 is 0 Å². The van der Waals surface area contributed by atoms with Gasteiger partial charge in [0.2, 0.25) is 0 Å². The lowest BCUT2D eigenvalue weighted by Gasteiger charge is -2.14. The molecule has 118 valence electrons. The predicted molar refractivity (Wildman–Crippen MR) is 85.9 cm³/mol. The zero-order chi connectivity index (χ0) is 15.5. The Morgan fingerprint density at radius 1 is 1.00 bits per heavy atom. The highest BCUT2D eigenvalue weighted by Crippen LogP contribution is 2.26. The minimum absolute atomic E-state index is 0.401. The summed E-state index contributed by atoms with van der Waals surface area (Å²) in [4.78, 5) is 11.7. The molecule has 0 spiro atoms. The molecule has 0 N–H and O–H groups in total. The fourth-order valence-electron chi connectivity index (χ4n) is 2.25. The standard InChI is InChI=1S/C18H28O3/c1-4-7-10-15-11-9-13-17(16(15)12-8-5-2)21-18(19)20-14-6-3/h9,11,13H,4-8,10,12,14H2,1-3H3. The van der Waals surface area contributed by atoms with Gasteiger partial charge in [-0.2, -0.15) is 0 Å². The summed E-state index contributed by atoms with van der Waals surface area (Å²) in [5.41, 5.74) is 2.47. The van der Waals surface area contributed by atoms with Gasteiger partial charge in [0.1, 0.15) is 5.75 Å². The van der Waals surface area contributed by atoms with E-state index in [1.54, 1.807) is 0 Å². The Kier molecular flexibility index (Phi) is 8.56. The van der Waals surface area contributed by atoms with Crippen molar-refractivity contribution in [3.63, 3.8) is 0 Å². The SMILES string of the molecule is CCCCc1cccc(OC(=O)OCCC)c1CCCC. The van der Waals surface area contributed by atoms with E-state index in [-0.39, 0.29) is 0 Å². The second-order valence-electron chi connectivity index (χ2n) is 5.30. The monoisotopic (exact) mass is 292 g/mol. The van der Waals surface area contributed by atoms with Crippen LogP contribution >= 0.6 is 0 Å². The van der Waals surface area contributed by atoms with Gasteiger partial charge in [0, 0.05) is 0 Å². The number of ether oxygens (including phenoxy) is 2. The maximum Gasteiger partial charge on any atom is 0.513 e. The molecule has 0 saturated carbocycles. The molecule has 21 heavy (non-hydrogen) atoms. The van der Waals surface area contributed by atoms with Crippen molar-refractivity contribution in [2.75, 3.05) is 6.61 Å². The van der Waals surface area contributed by atoms with Crippen LogP contribution in [0.15, 0.2) is 18.2 Å². The average molecular weight is 292 g/mol. The average Bonchev–Trinajstić information content (AvgIpc) is 2.49. The van der Waals surface area contributed by atoms with Gasteiger partial charge in [0.05, 0.1) is 6.61 Å². The summed E-state index contributed by atoms with van der Waals surface area (Å²) in [6.45, 7) is 6.73. The minimum Gasteiger partial charge on any atom is -0.434 e. The van der Waals surface area contributed by atoms with E-state index < -0.39 is 6.16 Å². The molecule has 0 bridgehead atoms. The van der Waals surface area contributed by atoms with E-state index in [0.29, 0.717) is 12.4 Å². The Labute approximate surface area is 128 Å². The van der Waals surface area contributed by atoms with Gasteiger partial charge in [-0.1, -0.05) is 45.7 Å². The van der Waals surface area contributed by atoms with Crippen LogP contribution in [0.1, 0.15) is 64.0 Å². The summed E-state index contributed by atoms with van der Waals surface area (Å²) in [6, 6.07) is 5.97. The maximum atomic E-state index is 11.7. The zero-order valence-electron chi connectivity index (χ0n) is 13.6. The van der Waals surface area contributed by atoms with Gasteiger partial charge in [-0.25, -0.2) is 4.79 Å². The molecule has 1 aromatic rings. The van der Waals surface area contributed by atoms with Crippen molar-refractivity contribution in [2.24, 2.45) is 0 Å². The third kappa shape index (κ3) is 6.19. The molecule has 3 heteroatoms. The molecule has 0 atom stereocenters. The van der Waals surface area contributed by atoms with Crippen molar-refractivity contribution in [1.82, 2.24) is 0 Å². The summed E-state index contributed by atoms with van der Waals surface area (Å²) < 4.78 is 10.4. The quantitative estimate of drug-likeness (QED) is 0.458. The third-order valence-corrected chi connectivity index (χ3v) is 3.43. The van der Waals surface area contributed by atoms with Gasteiger partial charge in [-0.05, 0) is 49.3 Å². The number of carbonyl (C=O) groups excluding carboxylic acids is 1. The van der Waals surface area contributed by atoms with E-state index in [9.17, 15) is 4.79 Å². The lowest BCUT2D eigenvalue weighted by atomic mass is 9.97. The van der Waals surface area contributed by atoms with E-state index in [1.165, 1.54) is 11.1 Å². The first-order valence-corrected chi connectivity index (χ1v) is 8.18. The summed E-state index contributed by atoms with van der Waals surface area (Å²) in [5.74, 6) is 0.665. The summed E-state index contributed by atoms with van der Waals surface area (Å²) in [6.07, 6.45) is 6.74. The van der Waals surface area contributed by atoms with Crippen LogP contribution in [-0.4, -0.2) is 12.8 Å². The first kappa shape index (κ1) is 17.5. The molecule has 0 aliphatic carbocycles. The van der Waals surface area contributed by atoms with E-state index in [0.717, 1.165) is 44.9 Å². The van der Waals surface area contributed by atoms with E-state index in [4.69, 9.17) is 9.47 Å². The molecule has 0 amide bonds. The van der Waals surface area contributed by atoms with Crippen LogP contribution in [0, 0.1) is 0 Å². The van der Waals surface area contributed by atoms with Crippen LogP contribution in [0.2, 0.25) is 0 Å². The van der Waals surface area contributed by atoms with Gasteiger partial charge in [-0.15, -0.1) is 0 Å². The molecule has 0 radical (unpaired) electrons. The molecule has 0 heterocycles. The molecule has 1 aromatic carbocycles. The number of unbranched alkanes of at least 4 members (excludes halogenated alkanes) is 2. The summed E-state index contributed by atoms with van der Waals surface area (Å²) >= 11 is 0. The number of carbonyl (C=O) groups is 1. The highest BCUT2D eigenvalue weighted by atomic mass is 16.7. The summed E-state index contributed by atoms with van der Waals surface area (Å²) in [7, 11) is 0. The minimum atomic E-state index is -0.595. The second-order valence-corrected chi connectivity index (χ2v) is 5.30. The zero-order valence-corrected chi connectivity index (χ0v) is 13.6. The van der Waals surface area contributed by atoms with Crippen LogP contribution in [0.25, 0.3) is 0 Å². The number of hydrogen-bond acceptors (Lipinski definition) is 3. The Morgan fingerprint density at radius 2 is 1.71 bits per heavy atom. The molecule has 0 fully saturated rings. The van der Waals surface area contributed by atoms with Crippen LogP contribution in [0.3, 0.4) is 0 Å². The molecule has 3 nitrogen and oxygen atoms in total. The van der Waals surface area contributed by atoms with Gasteiger partial charge in [0.15, 0.2) is 0 Å². The van der Waals surface area contributed by atoms with Crippen molar-refractivity contribution >= 4 is 6.16 Å². The number of hydrogen-bond donors (Lipinski definition) is 0. The maximum absolute atomic E-state index is 11.7. The Bertz CT molecular complexity index is 426. The molecule has 0 aliphatic rings. The van der Waals surface area contributed by atoms with Crippen molar-refractivity contribution in [1.29, 1.82) is 0 Å². The van der Waals surface area contributed by atoms with Crippen LogP contribution in [-0.2, 0) is 17.6 Å².